The number of para-hydroxylation sites is 1. The first-order chi connectivity index (χ1) is 8.74. The number of benzene rings is 2. The van der Waals surface area contributed by atoms with Crippen molar-refractivity contribution in [1.29, 1.82) is 0 Å². The van der Waals surface area contributed by atoms with Crippen LogP contribution < -0.4 is 16.2 Å². The lowest BCUT2D eigenvalue weighted by Crippen LogP contribution is -2.33. The highest BCUT2D eigenvalue weighted by Crippen LogP contribution is 2.14. The van der Waals surface area contributed by atoms with Crippen LogP contribution in [0, 0.1) is 0 Å². The zero-order valence-electron chi connectivity index (χ0n) is 9.48. The van der Waals surface area contributed by atoms with E-state index < -0.39 is 0 Å². The van der Waals surface area contributed by atoms with Gasteiger partial charge in [0.1, 0.15) is 0 Å². The first-order valence-corrected chi connectivity index (χ1v) is 5.75. The van der Waals surface area contributed by atoms with Crippen molar-refractivity contribution in [2.45, 2.75) is 0 Å². The molecule has 2 aromatic carbocycles. The third kappa shape index (κ3) is 3.68. The summed E-state index contributed by atoms with van der Waals surface area (Å²) in [5, 5.41) is 3.23. The Labute approximate surface area is 110 Å². The van der Waals surface area contributed by atoms with E-state index in [1.54, 1.807) is 24.3 Å². The summed E-state index contributed by atoms with van der Waals surface area (Å²) in [7, 11) is 0. The molecule has 4 nitrogen and oxygen atoms in total. The van der Waals surface area contributed by atoms with Crippen molar-refractivity contribution in [3.8, 4) is 0 Å². The van der Waals surface area contributed by atoms with Crippen molar-refractivity contribution in [2.24, 2.45) is 0 Å². The van der Waals surface area contributed by atoms with Gasteiger partial charge in [0, 0.05) is 10.7 Å². The van der Waals surface area contributed by atoms with Gasteiger partial charge in [-0.1, -0.05) is 35.9 Å². The van der Waals surface area contributed by atoms with Crippen LogP contribution in [0.5, 0.6) is 0 Å². The van der Waals surface area contributed by atoms with E-state index in [2.05, 4.69) is 16.2 Å². The standard InChI is InChI=1S/C13H12ClN3O/c14-10-5-4-8-12(9-10)15-13(18)17-16-11-6-2-1-3-7-11/h1-9,16H,(H2,15,17,18). The average Bonchev–Trinajstić information content (AvgIpc) is 2.38. The number of halogens is 1. The Bertz CT molecular complexity index is 531. The molecule has 92 valence electrons. The van der Waals surface area contributed by atoms with Gasteiger partial charge in [0.25, 0.3) is 0 Å². The minimum atomic E-state index is -0.360. The third-order valence-electron chi connectivity index (χ3n) is 2.18. The molecule has 5 heteroatoms. The maximum absolute atomic E-state index is 11.6. The fourth-order valence-corrected chi connectivity index (χ4v) is 1.57. The SMILES string of the molecule is O=C(NNc1ccccc1)Nc1cccc(Cl)c1. The Morgan fingerprint density at radius 1 is 0.944 bits per heavy atom. The summed E-state index contributed by atoms with van der Waals surface area (Å²) in [4.78, 5) is 11.6. The van der Waals surface area contributed by atoms with Gasteiger partial charge in [-0.15, -0.1) is 0 Å². The van der Waals surface area contributed by atoms with Crippen LogP contribution in [-0.4, -0.2) is 6.03 Å². The Morgan fingerprint density at radius 3 is 2.39 bits per heavy atom. The first-order valence-electron chi connectivity index (χ1n) is 5.38. The molecule has 0 aliphatic rings. The van der Waals surface area contributed by atoms with Crippen LogP contribution in [-0.2, 0) is 0 Å². The minimum absolute atomic E-state index is 0.360. The Morgan fingerprint density at radius 2 is 1.67 bits per heavy atom. The van der Waals surface area contributed by atoms with Crippen molar-refractivity contribution in [1.82, 2.24) is 5.43 Å². The summed E-state index contributed by atoms with van der Waals surface area (Å²) in [6.07, 6.45) is 0. The van der Waals surface area contributed by atoms with Crippen molar-refractivity contribution < 1.29 is 4.79 Å². The molecule has 0 unspecified atom stereocenters. The molecule has 18 heavy (non-hydrogen) atoms. The average molecular weight is 262 g/mol. The number of hydrazine groups is 1. The number of hydrogen-bond donors (Lipinski definition) is 3. The Kier molecular flexibility index (Phi) is 4.04. The molecular weight excluding hydrogens is 250 g/mol. The summed E-state index contributed by atoms with van der Waals surface area (Å²) in [5.74, 6) is 0. The second kappa shape index (κ2) is 5.93. The monoisotopic (exact) mass is 261 g/mol. The number of anilines is 2. The van der Waals surface area contributed by atoms with Crippen molar-refractivity contribution >= 4 is 29.0 Å². The van der Waals surface area contributed by atoms with E-state index in [9.17, 15) is 4.79 Å². The summed E-state index contributed by atoms with van der Waals surface area (Å²) in [5.41, 5.74) is 6.75. The van der Waals surface area contributed by atoms with Gasteiger partial charge < -0.3 is 5.32 Å². The number of amides is 2. The molecular formula is C13H12ClN3O. The molecule has 0 saturated heterocycles. The molecule has 3 N–H and O–H groups in total. The van der Waals surface area contributed by atoms with Crippen LogP contribution in [0.3, 0.4) is 0 Å². The number of carbonyl (C=O) groups is 1. The molecule has 2 aromatic rings. The van der Waals surface area contributed by atoms with Crippen molar-refractivity contribution in [2.75, 3.05) is 10.7 Å². The smallest absolute Gasteiger partial charge is 0.307 e. The summed E-state index contributed by atoms with van der Waals surface area (Å²) < 4.78 is 0. The Balaban J connectivity index is 1.86. The lowest BCUT2D eigenvalue weighted by Gasteiger charge is -2.09. The predicted molar refractivity (Wildman–Crippen MR) is 73.7 cm³/mol. The van der Waals surface area contributed by atoms with Gasteiger partial charge in [-0.25, -0.2) is 4.79 Å². The van der Waals surface area contributed by atoms with Gasteiger partial charge in [-0.05, 0) is 30.3 Å². The van der Waals surface area contributed by atoms with E-state index in [0.29, 0.717) is 10.7 Å². The first kappa shape index (κ1) is 12.3. The third-order valence-corrected chi connectivity index (χ3v) is 2.41. The van der Waals surface area contributed by atoms with E-state index in [1.165, 1.54) is 0 Å². The van der Waals surface area contributed by atoms with Crippen LogP contribution in [0.1, 0.15) is 0 Å². The van der Waals surface area contributed by atoms with Gasteiger partial charge in [0.05, 0.1) is 5.69 Å². The molecule has 2 rings (SSSR count). The van der Waals surface area contributed by atoms with E-state index in [4.69, 9.17) is 11.6 Å². The lowest BCUT2D eigenvalue weighted by atomic mass is 10.3. The molecule has 0 saturated carbocycles. The summed E-state index contributed by atoms with van der Waals surface area (Å²) >= 11 is 5.81. The molecule has 0 heterocycles. The molecule has 0 aliphatic heterocycles. The predicted octanol–water partition coefficient (Wildman–Crippen LogP) is 3.49. The zero-order valence-corrected chi connectivity index (χ0v) is 10.2. The number of nitrogens with one attached hydrogen (secondary N) is 3. The Hall–Kier alpha value is -2.20. The highest BCUT2D eigenvalue weighted by atomic mass is 35.5. The second-order valence-corrected chi connectivity index (χ2v) is 4.02. The number of rotatable bonds is 3. The maximum Gasteiger partial charge on any atom is 0.337 e. The van der Waals surface area contributed by atoms with Gasteiger partial charge in [-0.3, -0.25) is 10.9 Å². The number of urea groups is 1. The van der Waals surface area contributed by atoms with Crippen molar-refractivity contribution in [3.05, 3.63) is 59.6 Å². The highest BCUT2D eigenvalue weighted by molar-refractivity contribution is 6.30. The van der Waals surface area contributed by atoms with E-state index >= 15 is 0 Å². The van der Waals surface area contributed by atoms with E-state index in [1.807, 2.05) is 30.3 Å². The fraction of sp³-hybridized carbons (Fsp3) is 0. The fourth-order valence-electron chi connectivity index (χ4n) is 1.38. The number of carbonyl (C=O) groups excluding carboxylic acids is 1. The molecule has 0 atom stereocenters. The maximum atomic E-state index is 11.6. The number of hydrogen-bond acceptors (Lipinski definition) is 2. The van der Waals surface area contributed by atoms with Crippen LogP contribution in [0.25, 0.3) is 0 Å². The normalized spacial score (nSPS) is 9.61. The van der Waals surface area contributed by atoms with E-state index in [-0.39, 0.29) is 6.03 Å². The van der Waals surface area contributed by atoms with Gasteiger partial charge >= 0.3 is 6.03 Å². The molecule has 2 amide bonds. The summed E-state index contributed by atoms with van der Waals surface area (Å²) in [6, 6.07) is 15.9. The molecule has 0 spiro atoms. The largest absolute Gasteiger partial charge is 0.337 e. The van der Waals surface area contributed by atoms with Crippen LogP contribution in [0.15, 0.2) is 54.6 Å². The topological polar surface area (TPSA) is 53.2 Å². The molecule has 0 radical (unpaired) electrons. The minimum Gasteiger partial charge on any atom is -0.307 e. The van der Waals surface area contributed by atoms with Crippen LogP contribution >= 0.6 is 11.6 Å². The molecule has 0 aliphatic carbocycles. The molecule has 0 aromatic heterocycles. The lowest BCUT2D eigenvalue weighted by molar-refractivity contribution is 0.254. The molecule has 0 fully saturated rings. The van der Waals surface area contributed by atoms with E-state index in [0.717, 1.165) is 5.69 Å². The van der Waals surface area contributed by atoms with Gasteiger partial charge in [0.2, 0.25) is 0 Å². The molecule has 0 bridgehead atoms. The summed E-state index contributed by atoms with van der Waals surface area (Å²) in [6.45, 7) is 0. The van der Waals surface area contributed by atoms with Gasteiger partial charge in [0.15, 0.2) is 0 Å². The second-order valence-electron chi connectivity index (χ2n) is 3.58. The zero-order chi connectivity index (χ0) is 12.8. The van der Waals surface area contributed by atoms with Crippen LogP contribution in [0.4, 0.5) is 16.2 Å². The van der Waals surface area contributed by atoms with Crippen LogP contribution in [0.2, 0.25) is 5.02 Å². The van der Waals surface area contributed by atoms with Gasteiger partial charge in [-0.2, -0.15) is 0 Å². The quantitative estimate of drug-likeness (QED) is 0.741. The highest BCUT2D eigenvalue weighted by Gasteiger charge is 2.01. The van der Waals surface area contributed by atoms with Crippen molar-refractivity contribution in [3.63, 3.8) is 0 Å².